The molecular formula is C19H18N4O3. The summed E-state index contributed by atoms with van der Waals surface area (Å²) in [5.74, 6) is 1.10. The van der Waals surface area contributed by atoms with Gasteiger partial charge in [0.15, 0.2) is 0 Å². The first kappa shape index (κ1) is 16.1. The van der Waals surface area contributed by atoms with Gasteiger partial charge in [0.2, 0.25) is 5.88 Å². The van der Waals surface area contributed by atoms with Crippen molar-refractivity contribution in [2.75, 3.05) is 18.6 Å². The van der Waals surface area contributed by atoms with Gasteiger partial charge in [-0.15, -0.1) is 0 Å². The molecule has 3 aromatic rings. The fraction of sp³-hybridized carbons (Fsp3) is 0.211. The van der Waals surface area contributed by atoms with Crippen molar-refractivity contribution in [2.45, 2.75) is 13.2 Å². The van der Waals surface area contributed by atoms with Gasteiger partial charge >= 0.3 is 0 Å². The molecule has 1 aliphatic rings. The monoisotopic (exact) mass is 350 g/mol. The van der Waals surface area contributed by atoms with Crippen molar-refractivity contribution in [3.8, 4) is 11.6 Å². The van der Waals surface area contributed by atoms with E-state index in [0.717, 1.165) is 5.69 Å². The molecule has 0 unspecified atom stereocenters. The SMILES string of the molecule is COc1ccccc1N1CCn2nc(COc3ccccn3)cc2C1=O. The Morgan fingerprint density at radius 3 is 2.77 bits per heavy atom. The number of benzene rings is 1. The van der Waals surface area contributed by atoms with Crippen molar-refractivity contribution in [3.63, 3.8) is 0 Å². The molecule has 26 heavy (non-hydrogen) atoms. The summed E-state index contributed by atoms with van der Waals surface area (Å²) in [5, 5.41) is 4.47. The molecule has 7 heteroatoms. The Morgan fingerprint density at radius 1 is 1.12 bits per heavy atom. The van der Waals surface area contributed by atoms with E-state index in [1.807, 2.05) is 36.4 Å². The van der Waals surface area contributed by atoms with Crippen LogP contribution < -0.4 is 14.4 Å². The van der Waals surface area contributed by atoms with Crippen LogP contribution in [0.15, 0.2) is 54.7 Å². The summed E-state index contributed by atoms with van der Waals surface area (Å²) in [5.41, 5.74) is 2.00. The van der Waals surface area contributed by atoms with E-state index >= 15 is 0 Å². The zero-order valence-electron chi connectivity index (χ0n) is 14.3. The molecule has 3 heterocycles. The maximum Gasteiger partial charge on any atom is 0.276 e. The number of carbonyl (C=O) groups excluding carboxylic acids is 1. The van der Waals surface area contributed by atoms with Crippen molar-refractivity contribution in [3.05, 3.63) is 66.1 Å². The first-order valence-electron chi connectivity index (χ1n) is 8.31. The van der Waals surface area contributed by atoms with Crippen LogP contribution in [0.1, 0.15) is 16.2 Å². The first-order chi connectivity index (χ1) is 12.8. The van der Waals surface area contributed by atoms with Crippen molar-refractivity contribution >= 4 is 11.6 Å². The van der Waals surface area contributed by atoms with Gasteiger partial charge in [0, 0.05) is 18.8 Å². The van der Waals surface area contributed by atoms with E-state index in [2.05, 4.69) is 10.1 Å². The molecule has 132 valence electrons. The van der Waals surface area contributed by atoms with Crippen LogP contribution in [0.3, 0.4) is 0 Å². The second-order valence-electron chi connectivity index (χ2n) is 5.83. The van der Waals surface area contributed by atoms with Crippen LogP contribution in [-0.4, -0.2) is 34.3 Å². The van der Waals surface area contributed by atoms with Crippen molar-refractivity contribution < 1.29 is 14.3 Å². The average molecular weight is 350 g/mol. The van der Waals surface area contributed by atoms with Crippen LogP contribution in [0.5, 0.6) is 11.6 Å². The van der Waals surface area contributed by atoms with E-state index in [0.29, 0.717) is 36.1 Å². The summed E-state index contributed by atoms with van der Waals surface area (Å²) in [4.78, 5) is 18.8. The molecule has 0 saturated heterocycles. The number of amides is 1. The Balaban J connectivity index is 1.54. The third-order valence-corrected chi connectivity index (χ3v) is 4.21. The molecule has 0 bridgehead atoms. The summed E-state index contributed by atoms with van der Waals surface area (Å²) >= 11 is 0. The molecule has 0 fully saturated rings. The number of carbonyl (C=O) groups is 1. The summed E-state index contributed by atoms with van der Waals surface area (Å²) in [7, 11) is 1.60. The van der Waals surface area contributed by atoms with E-state index in [4.69, 9.17) is 9.47 Å². The number of fused-ring (bicyclic) bond motifs is 1. The van der Waals surface area contributed by atoms with Crippen LogP contribution in [0.25, 0.3) is 0 Å². The molecule has 0 aliphatic carbocycles. The van der Waals surface area contributed by atoms with Gasteiger partial charge in [-0.1, -0.05) is 18.2 Å². The zero-order chi connectivity index (χ0) is 17.9. The minimum Gasteiger partial charge on any atom is -0.495 e. The fourth-order valence-electron chi connectivity index (χ4n) is 2.98. The minimum atomic E-state index is -0.0997. The normalized spacial score (nSPS) is 13.4. The Kier molecular flexibility index (Phi) is 4.27. The molecule has 0 N–H and O–H groups in total. The average Bonchev–Trinajstić information content (AvgIpc) is 3.12. The molecule has 0 atom stereocenters. The van der Waals surface area contributed by atoms with Gasteiger partial charge in [-0.25, -0.2) is 4.98 Å². The Hall–Kier alpha value is -3.35. The Bertz CT molecular complexity index is 924. The van der Waals surface area contributed by atoms with Crippen LogP contribution in [0.2, 0.25) is 0 Å². The highest BCUT2D eigenvalue weighted by molar-refractivity contribution is 6.06. The van der Waals surface area contributed by atoms with Crippen molar-refractivity contribution in [1.29, 1.82) is 0 Å². The van der Waals surface area contributed by atoms with Gasteiger partial charge in [0.25, 0.3) is 5.91 Å². The lowest BCUT2D eigenvalue weighted by Gasteiger charge is -2.28. The Morgan fingerprint density at radius 2 is 1.96 bits per heavy atom. The predicted molar refractivity (Wildman–Crippen MR) is 95.5 cm³/mol. The molecule has 1 amide bonds. The summed E-state index contributed by atoms with van der Waals surface area (Å²) in [6, 6.07) is 14.7. The molecule has 4 rings (SSSR count). The third-order valence-electron chi connectivity index (χ3n) is 4.21. The van der Waals surface area contributed by atoms with Gasteiger partial charge in [0.1, 0.15) is 23.7 Å². The van der Waals surface area contributed by atoms with Gasteiger partial charge in [0.05, 0.1) is 19.3 Å². The largest absolute Gasteiger partial charge is 0.495 e. The van der Waals surface area contributed by atoms with Crippen LogP contribution >= 0.6 is 0 Å². The quantitative estimate of drug-likeness (QED) is 0.707. The van der Waals surface area contributed by atoms with Crippen molar-refractivity contribution in [2.24, 2.45) is 0 Å². The molecule has 0 spiro atoms. The van der Waals surface area contributed by atoms with Gasteiger partial charge in [-0.05, 0) is 24.3 Å². The molecule has 7 nitrogen and oxygen atoms in total. The van der Waals surface area contributed by atoms with Gasteiger partial charge < -0.3 is 14.4 Å². The van der Waals surface area contributed by atoms with Crippen molar-refractivity contribution in [1.82, 2.24) is 14.8 Å². The van der Waals surface area contributed by atoms with Crippen LogP contribution in [0, 0.1) is 0 Å². The molecule has 0 saturated carbocycles. The maximum atomic E-state index is 12.9. The second kappa shape index (κ2) is 6.87. The van der Waals surface area contributed by atoms with Crippen LogP contribution in [0.4, 0.5) is 5.69 Å². The zero-order valence-corrected chi connectivity index (χ0v) is 14.3. The lowest BCUT2D eigenvalue weighted by atomic mass is 10.2. The summed E-state index contributed by atoms with van der Waals surface area (Å²) in [6.45, 7) is 1.41. The molecule has 1 aliphatic heterocycles. The van der Waals surface area contributed by atoms with Crippen LogP contribution in [-0.2, 0) is 13.2 Å². The number of para-hydroxylation sites is 2. The van der Waals surface area contributed by atoms with E-state index in [1.54, 1.807) is 35.0 Å². The first-order valence-corrected chi connectivity index (χ1v) is 8.31. The smallest absolute Gasteiger partial charge is 0.276 e. The molecular weight excluding hydrogens is 332 g/mol. The highest BCUT2D eigenvalue weighted by Gasteiger charge is 2.29. The number of rotatable bonds is 5. The number of methoxy groups -OCH3 is 1. The molecule has 0 radical (unpaired) electrons. The number of ether oxygens (including phenoxy) is 2. The van der Waals surface area contributed by atoms with E-state index in [9.17, 15) is 4.79 Å². The second-order valence-corrected chi connectivity index (χ2v) is 5.83. The number of hydrogen-bond donors (Lipinski definition) is 0. The van der Waals surface area contributed by atoms with Gasteiger partial charge in [-0.3, -0.25) is 9.48 Å². The minimum absolute atomic E-state index is 0.0997. The third kappa shape index (κ3) is 2.99. The maximum absolute atomic E-state index is 12.9. The fourth-order valence-corrected chi connectivity index (χ4v) is 2.98. The number of aromatic nitrogens is 3. The Labute approximate surface area is 150 Å². The number of nitrogens with zero attached hydrogens (tertiary/aromatic N) is 4. The topological polar surface area (TPSA) is 69.5 Å². The molecule has 1 aromatic carbocycles. The lowest BCUT2D eigenvalue weighted by Crippen LogP contribution is -2.40. The highest BCUT2D eigenvalue weighted by Crippen LogP contribution is 2.30. The lowest BCUT2D eigenvalue weighted by molar-refractivity contribution is 0.0961. The van der Waals surface area contributed by atoms with E-state index < -0.39 is 0 Å². The number of anilines is 1. The summed E-state index contributed by atoms with van der Waals surface area (Å²) in [6.07, 6.45) is 1.67. The van der Waals surface area contributed by atoms with E-state index in [-0.39, 0.29) is 12.5 Å². The molecule has 2 aromatic heterocycles. The number of hydrogen-bond acceptors (Lipinski definition) is 5. The standard InChI is InChI=1S/C19H18N4O3/c1-25-17-7-3-2-6-15(17)22-10-11-23-16(19(22)24)12-14(21-23)13-26-18-8-4-5-9-20-18/h2-9,12H,10-11,13H2,1H3. The highest BCUT2D eigenvalue weighted by atomic mass is 16.5. The summed E-state index contributed by atoms with van der Waals surface area (Å²) < 4.78 is 12.7. The van der Waals surface area contributed by atoms with Gasteiger partial charge in [-0.2, -0.15) is 5.10 Å². The predicted octanol–water partition coefficient (Wildman–Crippen LogP) is 2.53. The number of pyridine rings is 1. The van der Waals surface area contributed by atoms with E-state index in [1.165, 1.54) is 0 Å².